The lowest BCUT2D eigenvalue weighted by molar-refractivity contribution is 0.0955. The molecule has 0 atom stereocenters. The Morgan fingerprint density at radius 3 is 2.47 bits per heavy atom. The van der Waals surface area contributed by atoms with Crippen molar-refractivity contribution in [2.24, 2.45) is 20.4 Å². The van der Waals surface area contributed by atoms with Crippen LogP contribution in [0.2, 0.25) is 0 Å². The molecule has 0 spiro atoms. The van der Waals surface area contributed by atoms with Gasteiger partial charge in [-0.3, -0.25) is 9.59 Å². The number of nitrogens with one attached hydrogen (secondary N) is 1. The average Bonchev–Trinajstić information content (AvgIpc) is 3.48. The molecule has 0 saturated heterocycles. The molecule has 10 nitrogen and oxygen atoms in total. The first-order chi connectivity index (χ1) is 18.6. The lowest BCUT2D eigenvalue weighted by atomic mass is 10.2. The second kappa shape index (κ2) is 11.0. The van der Waals surface area contributed by atoms with Crippen molar-refractivity contribution >= 4 is 34.5 Å². The molecule has 186 valence electrons. The molecular weight excluding hydrogens is 482 g/mol. The van der Waals surface area contributed by atoms with Crippen molar-refractivity contribution in [3.8, 4) is 0 Å². The second-order valence-corrected chi connectivity index (χ2v) is 8.05. The number of azo groups is 1. The van der Waals surface area contributed by atoms with E-state index in [4.69, 9.17) is 4.42 Å². The molecule has 1 N–H and O–H groups in total. The first kappa shape index (κ1) is 24.2. The third kappa shape index (κ3) is 5.49. The molecule has 0 aliphatic carbocycles. The van der Waals surface area contributed by atoms with Gasteiger partial charge in [-0.2, -0.15) is 9.78 Å². The van der Waals surface area contributed by atoms with Crippen LogP contribution in [0.4, 0.5) is 5.69 Å². The number of nitrogens with zero attached hydrogens (tertiary/aromatic N) is 6. The van der Waals surface area contributed by atoms with Gasteiger partial charge >= 0.3 is 0 Å². The number of hydrazone groups is 1. The van der Waals surface area contributed by atoms with Crippen molar-refractivity contribution in [1.29, 1.82) is 0 Å². The topological polar surface area (TPSA) is 127 Å². The zero-order valence-electron chi connectivity index (χ0n) is 20.2. The van der Waals surface area contributed by atoms with E-state index >= 15 is 0 Å². The minimum absolute atomic E-state index is 0.0781. The van der Waals surface area contributed by atoms with E-state index < -0.39 is 0 Å². The predicted molar refractivity (Wildman–Crippen MR) is 144 cm³/mol. The molecule has 0 bridgehead atoms. The number of amides is 1. The molecule has 0 aliphatic rings. The fourth-order valence-corrected chi connectivity index (χ4v) is 3.53. The number of fused-ring (bicyclic) bond motifs is 1. The quantitative estimate of drug-likeness (QED) is 0.150. The van der Waals surface area contributed by atoms with E-state index in [9.17, 15) is 9.59 Å². The summed E-state index contributed by atoms with van der Waals surface area (Å²) < 4.78 is 6.63. The Morgan fingerprint density at radius 1 is 0.947 bits per heavy atom. The Morgan fingerprint density at radius 2 is 1.71 bits per heavy atom. The molecule has 10 heteroatoms. The highest BCUT2D eigenvalue weighted by atomic mass is 16.3. The number of rotatable bonds is 6. The van der Waals surface area contributed by atoms with E-state index in [0.29, 0.717) is 33.7 Å². The number of hydrogen-bond acceptors (Lipinski definition) is 7. The second-order valence-electron chi connectivity index (χ2n) is 8.05. The summed E-state index contributed by atoms with van der Waals surface area (Å²) in [6.45, 7) is 1.68. The lowest BCUT2D eigenvalue weighted by Gasteiger charge is -2.06. The van der Waals surface area contributed by atoms with Crippen LogP contribution in [0.5, 0.6) is 0 Å². The fraction of sp³-hybridized carbons (Fsp3) is 0.0357. The minimum Gasteiger partial charge on any atom is -0.461 e. The molecule has 1 amide bonds. The summed E-state index contributed by atoms with van der Waals surface area (Å²) in [6, 6.07) is 26.3. The zero-order valence-corrected chi connectivity index (χ0v) is 20.2. The number of carbonyl (C=O) groups is 1. The van der Waals surface area contributed by atoms with Gasteiger partial charge < -0.3 is 4.42 Å². The van der Waals surface area contributed by atoms with Crippen molar-refractivity contribution in [3.05, 3.63) is 130 Å². The summed E-state index contributed by atoms with van der Waals surface area (Å²) in [5.41, 5.74) is 4.48. The molecule has 0 saturated carbocycles. The Bertz CT molecular complexity index is 1720. The van der Waals surface area contributed by atoms with Crippen molar-refractivity contribution < 1.29 is 9.21 Å². The first-order valence-electron chi connectivity index (χ1n) is 11.6. The standard InChI is InChI=1S/C28H21N7O3/c1-19-30-24-11-6-5-10-23(24)28(37)35(19)34-26(25-12-7-17-38-25)32-31-22-15-13-21(14-16-22)27(36)33-29-18-20-8-3-2-4-9-20/h2-18H,1H3,(H,33,36)/b29-18-,32-31?,34-26+. The van der Waals surface area contributed by atoms with Crippen LogP contribution in [0.15, 0.2) is 127 Å². The molecule has 2 heterocycles. The molecular formula is C28H21N7O3. The molecule has 5 aromatic rings. The number of carbonyl (C=O) groups excluding carboxylic acids is 1. The van der Waals surface area contributed by atoms with Gasteiger partial charge in [0.25, 0.3) is 11.5 Å². The van der Waals surface area contributed by atoms with E-state index in [-0.39, 0.29) is 17.3 Å². The highest BCUT2D eigenvalue weighted by Crippen LogP contribution is 2.16. The summed E-state index contributed by atoms with van der Waals surface area (Å²) in [4.78, 5) is 29.9. The zero-order chi connectivity index (χ0) is 26.3. The maximum absolute atomic E-state index is 13.1. The van der Waals surface area contributed by atoms with Gasteiger partial charge in [-0.25, -0.2) is 10.4 Å². The summed E-state index contributed by atoms with van der Waals surface area (Å²) >= 11 is 0. The maximum atomic E-state index is 13.1. The predicted octanol–water partition coefficient (Wildman–Crippen LogP) is 5.06. The fourth-order valence-electron chi connectivity index (χ4n) is 3.53. The highest BCUT2D eigenvalue weighted by Gasteiger charge is 2.12. The number of para-hydroxylation sites is 1. The van der Waals surface area contributed by atoms with Crippen LogP contribution in [-0.4, -0.2) is 27.6 Å². The summed E-state index contributed by atoms with van der Waals surface area (Å²) in [5.74, 6) is 0.422. The number of furan rings is 1. The monoisotopic (exact) mass is 503 g/mol. The molecule has 5 rings (SSSR count). The van der Waals surface area contributed by atoms with Gasteiger partial charge in [-0.15, -0.1) is 15.3 Å². The van der Waals surface area contributed by atoms with Gasteiger partial charge in [0.1, 0.15) is 5.82 Å². The smallest absolute Gasteiger partial charge is 0.282 e. The van der Waals surface area contributed by atoms with E-state index in [1.54, 1.807) is 67.7 Å². The molecule has 0 unspecified atom stereocenters. The number of aromatic nitrogens is 2. The van der Waals surface area contributed by atoms with Gasteiger partial charge in [0, 0.05) is 5.56 Å². The summed E-state index contributed by atoms with van der Waals surface area (Å²) in [6.07, 6.45) is 3.04. The summed E-state index contributed by atoms with van der Waals surface area (Å²) in [7, 11) is 0. The van der Waals surface area contributed by atoms with Gasteiger partial charge in [0.2, 0.25) is 5.84 Å². The Kier molecular flexibility index (Phi) is 7.03. The molecule has 0 aliphatic heterocycles. The van der Waals surface area contributed by atoms with Crippen molar-refractivity contribution in [2.75, 3.05) is 0 Å². The van der Waals surface area contributed by atoms with Crippen LogP contribution >= 0.6 is 0 Å². The van der Waals surface area contributed by atoms with Crippen LogP contribution in [0, 0.1) is 6.92 Å². The molecule has 2 aromatic heterocycles. The van der Waals surface area contributed by atoms with Crippen molar-refractivity contribution in [3.63, 3.8) is 0 Å². The normalized spacial score (nSPS) is 12.0. The molecule has 38 heavy (non-hydrogen) atoms. The van der Waals surface area contributed by atoms with E-state index in [0.717, 1.165) is 5.56 Å². The number of benzene rings is 3. The van der Waals surface area contributed by atoms with Gasteiger partial charge in [0.05, 0.1) is 29.1 Å². The number of amidine groups is 1. The van der Waals surface area contributed by atoms with Crippen LogP contribution in [0.3, 0.4) is 0 Å². The van der Waals surface area contributed by atoms with Crippen molar-refractivity contribution in [2.45, 2.75) is 6.92 Å². The maximum Gasteiger partial charge on any atom is 0.282 e. The Hall–Kier alpha value is -5.51. The van der Waals surface area contributed by atoms with Crippen LogP contribution in [-0.2, 0) is 0 Å². The number of aryl methyl sites for hydroxylation is 1. The average molecular weight is 504 g/mol. The van der Waals surface area contributed by atoms with Crippen molar-refractivity contribution in [1.82, 2.24) is 15.1 Å². The van der Waals surface area contributed by atoms with E-state index in [2.05, 4.69) is 30.8 Å². The Labute approximate surface area is 216 Å². The summed E-state index contributed by atoms with van der Waals surface area (Å²) in [5, 5.41) is 17.2. The van der Waals surface area contributed by atoms with Crippen LogP contribution in [0.1, 0.15) is 27.5 Å². The van der Waals surface area contributed by atoms with Gasteiger partial charge in [-0.05, 0) is 61.0 Å². The molecule has 0 radical (unpaired) electrons. The van der Waals surface area contributed by atoms with Crippen LogP contribution < -0.4 is 11.0 Å². The third-order valence-corrected chi connectivity index (χ3v) is 5.42. The largest absolute Gasteiger partial charge is 0.461 e. The highest BCUT2D eigenvalue weighted by molar-refractivity contribution is 5.97. The van der Waals surface area contributed by atoms with E-state index in [1.165, 1.54) is 10.9 Å². The molecule has 0 fully saturated rings. The van der Waals surface area contributed by atoms with Crippen LogP contribution in [0.25, 0.3) is 10.9 Å². The number of hydrogen-bond donors (Lipinski definition) is 1. The third-order valence-electron chi connectivity index (χ3n) is 5.42. The lowest BCUT2D eigenvalue weighted by Crippen LogP contribution is -2.21. The molecule has 3 aromatic carbocycles. The van der Waals surface area contributed by atoms with Gasteiger partial charge in [-0.1, -0.05) is 42.5 Å². The van der Waals surface area contributed by atoms with E-state index in [1.807, 2.05) is 36.4 Å². The Balaban J connectivity index is 1.37. The first-order valence-corrected chi connectivity index (χ1v) is 11.6. The SMILES string of the molecule is Cc1nc2ccccc2c(=O)n1/N=C(/N=Nc1ccc(C(=O)N/N=C\c2ccccc2)cc1)c1ccco1. The van der Waals surface area contributed by atoms with Gasteiger partial charge in [0.15, 0.2) is 5.76 Å². The minimum atomic E-state index is -0.364.